The molecule has 0 radical (unpaired) electrons. The molecule has 1 unspecified atom stereocenters. The SMILES string of the molecule is CC(CCC(=O)OCC1COc2cscc2O1)(c1ccc(Oc2ccc(Cl)cc2)cc1)c1ccc(Oc2ccc(Cl)cc2)cc1. The van der Waals surface area contributed by atoms with Crippen LogP contribution in [0.5, 0.6) is 34.5 Å². The Kier molecular flexibility index (Phi) is 9.50. The predicted molar refractivity (Wildman–Crippen MR) is 177 cm³/mol. The molecule has 6 rings (SSSR count). The van der Waals surface area contributed by atoms with Gasteiger partial charge in [0.15, 0.2) is 17.6 Å². The van der Waals surface area contributed by atoms with E-state index in [-0.39, 0.29) is 25.1 Å². The Morgan fingerprint density at radius 1 is 0.756 bits per heavy atom. The van der Waals surface area contributed by atoms with Crippen molar-refractivity contribution in [1.29, 1.82) is 0 Å². The van der Waals surface area contributed by atoms with Crippen LogP contribution in [0.25, 0.3) is 0 Å². The monoisotopic (exact) mass is 660 g/mol. The van der Waals surface area contributed by atoms with Gasteiger partial charge in [-0.3, -0.25) is 4.79 Å². The number of rotatable bonds is 11. The van der Waals surface area contributed by atoms with Gasteiger partial charge >= 0.3 is 5.97 Å². The summed E-state index contributed by atoms with van der Waals surface area (Å²) in [4.78, 5) is 13.0. The predicted octanol–water partition coefficient (Wildman–Crippen LogP) is 10.1. The van der Waals surface area contributed by atoms with Crippen LogP contribution in [0.15, 0.2) is 108 Å². The van der Waals surface area contributed by atoms with Gasteiger partial charge in [0.25, 0.3) is 0 Å². The van der Waals surface area contributed by atoms with Crippen molar-refractivity contribution in [1.82, 2.24) is 0 Å². The molecule has 1 aromatic heterocycles. The van der Waals surface area contributed by atoms with Gasteiger partial charge in [0, 0.05) is 32.6 Å². The minimum Gasteiger partial charge on any atom is -0.485 e. The van der Waals surface area contributed by atoms with E-state index in [9.17, 15) is 4.79 Å². The molecule has 0 amide bonds. The van der Waals surface area contributed by atoms with Crippen LogP contribution in [0.1, 0.15) is 30.9 Å². The number of halogens is 2. The van der Waals surface area contributed by atoms with Gasteiger partial charge in [-0.2, -0.15) is 0 Å². The van der Waals surface area contributed by atoms with Crippen LogP contribution in [0.2, 0.25) is 10.0 Å². The molecule has 0 saturated carbocycles. The highest BCUT2D eigenvalue weighted by molar-refractivity contribution is 7.08. The first-order chi connectivity index (χ1) is 21.8. The molecular weight excluding hydrogens is 631 g/mol. The second-order valence-corrected chi connectivity index (χ2v) is 12.4. The molecule has 2 heterocycles. The van der Waals surface area contributed by atoms with Crippen LogP contribution in [0.3, 0.4) is 0 Å². The Balaban J connectivity index is 1.16. The molecule has 1 aliphatic rings. The lowest BCUT2D eigenvalue weighted by Gasteiger charge is -2.31. The van der Waals surface area contributed by atoms with Crippen molar-refractivity contribution in [3.63, 3.8) is 0 Å². The number of hydrogen-bond donors (Lipinski definition) is 0. The van der Waals surface area contributed by atoms with Gasteiger partial charge in [-0.25, -0.2) is 0 Å². The molecule has 0 fully saturated rings. The summed E-state index contributed by atoms with van der Waals surface area (Å²) in [7, 11) is 0. The van der Waals surface area contributed by atoms with E-state index in [0.29, 0.717) is 51.8 Å². The zero-order valence-electron chi connectivity index (χ0n) is 24.4. The molecule has 4 aromatic carbocycles. The van der Waals surface area contributed by atoms with E-state index in [1.165, 1.54) is 11.3 Å². The van der Waals surface area contributed by atoms with Crippen LogP contribution >= 0.6 is 34.5 Å². The summed E-state index contributed by atoms with van der Waals surface area (Å²) in [6, 6.07) is 30.3. The summed E-state index contributed by atoms with van der Waals surface area (Å²) in [6.07, 6.45) is 0.376. The van der Waals surface area contributed by atoms with Crippen molar-refractivity contribution in [3.05, 3.63) is 129 Å². The third-order valence-corrected chi connectivity index (χ3v) is 8.86. The number of carbonyl (C=O) groups excluding carboxylic acids is 1. The third-order valence-electron chi connectivity index (χ3n) is 7.65. The molecule has 0 spiro atoms. The van der Waals surface area contributed by atoms with Gasteiger partial charge in [-0.05, 0) is 90.3 Å². The van der Waals surface area contributed by atoms with Crippen molar-refractivity contribution in [2.45, 2.75) is 31.3 Å². The van der Waals surface area contributed by atoms with Crippen LogP contribution in [-0.4, -0.2) is 25.3 Å². The average Bonchev–Trinajstić information content (AvgIpc) is 3.54. The van der Waals surface area contributed by atoms with E-state index in [1.807, 2.05) is 83.6 Å². The summed E-state index contributed by atoms with van der Waals surface area (Å²) >= 11 is 13.5. The van der Waals surface area contributed by atoms with Gasteiger partial charge in [-0.1, -0.05) is 54.4 Å². The molecule has 230 valence electrons. The number of hydrogen-bond acceptors (Lipinski definition) is 7. The molecule has 1 atom stereocenters. The molecule has 0 N–H and O–H groups in total. The Morgan fingerprint density at radius 3 is 1.73 bits per heavy atom. The smallest absolute Gasteiger partial charge is 0.305 e. The molecule has 0 aliphatic carbocycles. The molecule has 0 bridgehead atoms. The first-order valence-corrected chi connectivity index (χ1v) is 16.1. The Bertz CT molecular complexity index is 1630. The fraction of sp³-hybridized carbons (Fsp3) is 0.194. The normalized spacial score (nSPS) is 14.1. The summed E-state index contributed by atoms with van der Waals surface area (Å²) in [5, 5.41) is 5.07. The molecule has 5 aromatic rings. The highest BCUT2D eigenvalue weighted by atomic mass is 35.5. The number of ether oxygens (including phenoxy) is 5. The Morgan fingerprint density at radius 2 is 1.22 bits per heavy atom. The highest BCUT2D eigenvalue weighted by Crippen LogP contribution is 2.39. The summed E-state index contributed by atoms with van der Waals surface area (Å²) in [6.45, 7) is 2.59. The average molecular weight is 662 g/mol. The van der Waals surface area contributed by atoms with E-state index in [4.69, 9.17) is 46.9 Å². The van der Waals surface area contributed by atoms with E-state index in [2.05, 4.69) is 6.92 Å². The van der Waals surface area contributed by atoms with Crippen LogP contribution in [0.4, 0.5) is 0 Å². The largest absolute Gasteiger partial charge is 0.485 e. The quantitative estimate of drug-likeness (QED) is 0.131. The lowest BCUT2D eigenvalue weighted by atomic mass is 9.73. The van der Waals surface area contributed by atoms with Crippen molar-refractivity contribution >= 4 is 40.5 Å². The second-order valence-electron chi connectivity index (χ2n) is 10.8. The van der Waals surface area contributed by atoms with Crippen molar-refractivity contribution in [2.75, 3.05) is 13.2 Å². The van der Waals surface area contributed by atoms with Gasteiger partial charge in [0.2, 0.25) is 0 Å². The fourth-order valence-corrected chi connectivity index (χ4v) is 5.99. The van der Waals surface area contributed by atoms with Crippen LogP contribution in [-0.2, 0) is 14.9 Å². The summed E-state index contributed by atoms with van der Waals surface area (Å²) < 4.78 is 29.3. The maximum atomic E-state index is 13.0. The van der Waals surface area contributed by atoms with Gasteiger partial charge < -0.3 is 23.7 Å². The fourth-order valence-electron chi connectivity index (χ4n) is 5.07. The van der Waals surface area contributed by atoms with Gasteiger partial charge in [-0.15, -0.1) is 11.3 Å². The van der Waals surface area contributed by atoms with E-state index < -0.39 is 5.41 Å². The van der Waals surface area contributed by atoms with Crippen molar-refractivity contribution in [2.24, 2.45) is 0 Å². The first-order valence-electron chi connectivity index (χ1n) is 14.4. The van der Waals surface area contributed by atoms with Gasteiger partial charge in [0.1, 0.15) is 36.2 Å². The lowest BCUT2D eigenvalue weighted by molar-refractivity contribution is -0.147. The zero-order valence-corrected chi connectivity index (χ0v) is 26.7. The van der Waals surface area contributed by atoms with E-state index >= 15 is 0 Å². The number of thiophene rings is 1. The van der Waals surface area contributed by atoms with Crippen LogP contribution in [0, 0.1) is 0 Å². The zero-order chi connectivity index (χ0) is 31.2. The number of benzene rings is 4. The molecule has 1 aliphatic heterocycles. The lowest BCUT2D eigenvalue weighted by Crippen LogP contribution is -2.34. The minimum atomic E-state index is -0.521. The topological polar surface area (TPSA) is 63.2 Å². The maximum Gasteiger partial charge on any atom is 0.305 e. The third kappa shape index (κ3) is 7.74. The van der Waals surface area contributed by atoms with E-state index in [0.717, 1.165) is 16.9 Å². The maximum absolute atomic E-state index is 13.0. The Labute approximate surface area is 276 Å². The molecular formula is C36H30Cl2O6S. The minimum absolute atomic E-state index is 0.123. The molecule has 6 nitrogen and oxygen atoms in total. The van der Waals surface area contributed by atoms with Crippen LogP contribution < -0.4 is 18.9 Å². The molecule has 45 heavy (non-hydrogen) atoms. The number of carbonyl (C=O) groups is 1. The van der Waals surface area contributed by atoms with Crippen molar-refractivity contribution in [3.8, 4) is 34.5 Å². The molecule has 9 heteroatoms. The highest BCUT2D eigenvalue weighted by Gasteiger charge is 2.31. The first kappa shape index (κ1) is 30.8. The Hall–Kier alpha value is -4.17. The summed E-state index contributed by atoms with van der Waals surface area (Å²) in [5.74, 6) is 3.88. The summed E-state index contributed by atoms with van der Waals surface area (Å²) in [5.41, 5.74) is 1.53. The second kappa shape index (κ2) is 13.9. The van der Waals surface area contributed by atoms with Crippen molar-refractivity contribution < 1.29 is 28.5 Å². The standard InChI is InChI=1S/C36H30Cl2O6S/c1-36(24-2-10-28(11-3-24)42-30-14-6-26(37)7-15-30,25-4-12-29(13-5-25)43-31-16-8-27(38)9-17-31)19-18-35(39)41-21-32-20-40-33-22-45-23-34(33)44-32/h2-17,22-23,32H,18-21H2,1H3. The molecule has 0 saturated heterocycles. The number of esters is 1. The number of fused-ring (bicyclic) bond motifs is 1. The van der Waals surface area contributed by atoms with Gasteiger partial charge in [0.05, 0.1) is 0 Å². The van der Waals surface area contributed by atoms with E-state index in [1.54, 1.807) is 24.3 Å².